The summed E-state index contributed by atoms with van der Waals surface area (Å²) in [5, 5.41) is 19.9. The summed E-state index contributed by atoms with van der Waals surface area (Å²) in [4.78, 5) is 2.28. The fourth-order valence-electron chi connectivity index (χ4n) is 2.06. The third-order valence-corrected chi connectivity index (χ3v) is 3.00. The van der Waals surface area contributed by atoms with Crippen molar-refractivity contribution in [2.45, 2.75) is 12.8 Å². The van der Waals surface area contributed by atoms with Gasteiger partial charge in [0.2, 0.25) is 5.71 Å². The van der Waals surface area contributed by atoms with Gasteiger partial charge in [-0.3, -0.25) is 10.8 Å². The molecule has 6 heteroatoms. The molecule has 1 aromatic carbocycles. The van der Waals surface area contributed by atoms with Gasteiger partial charge in [0.15, 0.2) is 5.84 Å². The summed E-state index contributed by atoms with van der Waals surface area (Å²) in [6.45, 7) is 2.06. The van der Waals surface area contributed by atoms with Gasteiger partial charge in [-0.15, -0.1) is 0 Å². The number of nitrogens with two attached hydrogens (primary N) is 1. The quantitative estimate of drug-likeness (QED) is 0.432. The first kappa shape index (κ1) is 12.9. The second kappa shape index (κ2) is 5.87. The smallest absolute Gasteiger partial charge is 0.201 e. The molecular weight excluding hydrogens is 240 g/mol. The summed E-state index contributed by atoms with van der Waals surface area (Å²) in [7, 11) is 0. The monoisotopic (exact) mass is 256 g/mol. The molecule has 0 spiro atoms. The minimum absolute atomic E-state index is 0.115. The van der Waals surface area contributed by atoms with Crippen LogP contribution < -0.4 is 16.1 Å². The van der Waals surface area contributed by atoms with Crippen LogP contribution in [0.1, 0.15) is 12.8 Å². The van der Waals surface area contributed by atoms with E-state index in [9.17, 15) is 0 Å². The lowest BCUT2D eigenvalue weighted by atomic mass is 10.2. The molecule has 1 aliphatic heterocycles. The van der Waals surface area contributed by atoms with Crippen LogP contribution in [0.3, 0.4) is 0 Å². The summed E-state index contributed by atoms with van der Waals surface area (Å²) < 4.78 is 0. The normalized spacial score (nSPS) is 15.1. The topological polar surface area (TPSA) is 101 Å². The second-order valence-electron chi connectivity index (χ2n) is 4.31. The molecule has 1 saturated heterocycles. The average molecular weight is 256 g/mol. The number of benzene rings is 1. The van der Waals surface area contributed by atoms with Gasteiger partial charge >= 0.3 is 0 Å². The van der Waals surface area contributed by atoms with Crippen LogP contribution in [-0.2, 0) is 0 Å². The molecule has 0 amide bonds. The van der Waals surface area contributed by atoms with Crippen LogP contribution in [0.4, 0.5) is 11.4 Å². The molecule has 0 radical (unpaired) electrons. The van der Waals surface area contributed by atoms with Gasteiger partial charge in [0, 0.05) is 13.1 Å². The largest absolute Gasteiger partial charge is 0.382 e. The molecule has 0 saturated carbocycles. The van der Waals surface area contributed by atoms with Crippen molar-refractivity contribution in [2.24, 2.45) is 10.8 Å². The van der Waals surface area contributed by atoms with Crippen molar-refractivity contribution in [2.75, 3.05) is 23.4 Å². The van der Waals surface area contributed by atoms with Crippen molar-refractivity contribution in [1.82, 2.24) is 0 Å². The standard InChI is InChI=1S/C13H16N6/c14-9-11(13(15)16)18-17-10-5-1-2-6-12(10)19-7-3-4-8-19/h1-2,5-6,17H,3-4,7-8H2,(H3,15,16)/b18-11+. The molecule has 1 aromatic rings. The molecule has 4 N–H and O–H groups in total. The highest BCUT2D eigenvalue weighted by Gasteiger charge is 2.15. The number of amidine groups is 1. The van der Waals surface area contributed by atoms with Gasteiger partial charge in [-0.1, -0.05) is 12.1 Å². The highest BCUT2D eigenvalue weighted by molar-refractivity contribution is 6.45. The number of nitrogens with zero attached hydrogens (tertiary/aromatic N) is 3. The third kappa shape index (κ3) is 3.01. The maximum atomic E-state index is 8.80. The molecule has 0 aliphatic carbocycles. The maximum Gasteiger partial charge on any atom is 0.201 e. The predicted molar refractivity (Wildman–Crippen MR) is 76.5 cm³/mol. The number of nitriles is 1. The predicted octanol–water partition coefficient (Wildman–Crippen LogP) is 1.51. The summed E-state index contributed by atoms with van der Waals surface area (Å²) in [6.07, 6.45) is 2.38. The number of para-hydroxylation sites is 2. The van der Waals surface area contributed by atoms with Crippen LogP contribution >= 0.6 is 0 Å². The molecular formula is C13H16N6. The van der Waals surface area contributed by atoms with E-state index in [1.807, 2.05) is 24.3 Å². The lowest BCUT2D eigenvalue weighted by Crippen LogP contribution is -2.22. The first-order chi connectivity index (χ1) is 9.22. The Hall–Kier alpha value is -2.55. The molecule has 0 atom stereocenters. The van der Waals surface area contributed by atoms with Gasteiger partial charge in [-0.2, -0.15) is 10.4 Å². The number of hydrogen-bond acceptors (Lipinski definition) is 5. The Kier molecular flexibility index (Phi) is 3.98. The van der Waals surface area contributed by atoms with Gasteiger partial charge in [0.1, 0.15) is 6.07 Å². The van der Waals surface area contributed by atoms with E-state index in [0.29, 0.717) is 0 Å². The Morgan fingerprint density at radius 2 is 2.05 bits per heavy atom. The van der Waals surface area contributed by atoms with E-state index in [1.165, 1.54) is 12.8 Å². The number of rotatable bonds is 4. The van der Waals surface area contributed by atoms with E-state index in [1.54, 1.807) is 6.07 Å². The van der Waals surface area contributed by atoms with Gasteiger partial charge in [0.25, 0.3) is 0 Å². The molecule has 1 fully saturated rings. The SMILES string of the molecule is N#C/C(=N\Nc1ccccc1N1CCCC1)C(=N)N. The molecule has 98 valence electrons. The van der Waals surface area contributed by atoms with E-state index >= 15 is 0 Å². The molecule has 2 rings (SSSR count). The zero-order chi connectivity index (χ0) is 13.7. The van der Waals surface area contributed by atoms with Gasteiger partial charge in [0.05, 0.1) is 11.4 Å². The third-order valence-electron chi connectivity index (χ3n) is 3.00. The van der Waals surface area contributed by atoms with E-state index in [0.717, 1.165) is 24.5 Å². The Morgan fingerprint density at radius 3 is 2.68 bits per heavy atom. The van der Waals surface area contributed by atoms with Crippen LogP contribution in [0.2, 0.25) is 0 Å². The molecule has 0 aromatic heterocycles. The Labute approximate surface area is 112 Å². The highest BCUT2D eigenvalue weighted by atomic mass is 15.3. The molecule has 0 bridgehead atoms. The Balaban J connectivity index is 2.21. The number of hydrazone groups is 1. The van der Waals surface area contributed by atoms with E-state index < -0.39 is 0 Å². The molecule has 1 heterocycles. The summed E-state index contributed by atoms with van der Waals surface area (Å²) in [5.74, 6) is -0.339. The second-order valence-corrected chi connectivity index (χ2v) is 4.31. The molecule has 6 nitrogen and oxygen atoms in total. The van der Waals surface area contributed by atoms with Crippen molar-refractivity contribution in [1.29, 1.82) is 10.7 Å². The first-order valence-corrected chi connectivity index (χ1v) is 6.14. The summed E-state index contributed by atoms with van der Waals surface area (Å²) in [5.41, 5.74) is 9.84. The minimum Gasteiger partial charge on any atom is -0.382 e. The number of anilines is 2. The minimum atomic E-state index is -0.339. The highest BCUT2D eigenvalue weighted by Crippen LogP contribution is 2.28. The Bertz CT molecular complexity index is 536. The Morgan fingerprint density at radius 1 is 1.37 bits per heavy atom. The zero-order valence-electron chi connectivity index (χ0n) is 10.6. The average Bonchev–Trinajstić information content (AvgIpc) is 2.93. The fraction of sp³-hybridized carbons (Fsp3) is 0.308. The van der Waals surface area contributed by atoms with E-state index in [4.69, 9.17) is 16.4 Å². The van der Waals surface area contributed by atoms with Crippen molar-refractivity contribution in [3.8, 4) is 6.07 Å². The molecule has 19 heavy (non-hydrogen) atoms. The first-order valence-electron chi connectivity index (χ1n) is 6.14. The van der Waals surface area contributed by atoms with Crippen LogP contribution in [0.5, 0.6) is 0 Å². The van der Waals surface area contributed by atoms with Gasteiger partial charge in [-0.05, 0) is 25.0 Å². The molecule has 1 aliphatic rings. The van der Waals surface area contributed by atoms with Crippen molar-refractivity contribution >= 4 is 22.9 Å². The van der Waals surface area contributed by atoms with Crippen molar-refractivity contribution in [3.63, 3.8) is 0 Å². The number of nitrogens with one attached hydrogen (secondary N) is 2. The maximum absolute atomic E-state index is 8.80. The van der Waals surface area contributed by atoms with Crippen LogP contribution in [0, 0.1) is 16.7 Å². The van der Waals surface area contributed by atoms with Crippen molar-refractivity contribution < 1.29 is 0 Å². The van der Waals surface area contributed by atoms with E-state index in [-0.39, 0.29) is 11.5 Å². The summed E-state index contributed by atoms with van der Waals surface area (Å²) >= 11 is 0. The lowest BCUT2D eigenvalue weighted by Gasteiger charge is -2.20. The van der Waals surface area contributed by atoms with Crippen LogP contribution in [0.25, 0.3) is 0 Å². The fourth-order valence-corrected chi connectivity index (χ4v) is 2.06. The van der Waals surface area contributed by atoms with Crippen LogP contribution in [-0.4, -0.2) is 24.6 Å². The van der Waals surface area contributed by atoms with Crippen LogP contribution in [0.15, 0.2) is 29.4 Å². The zero-order valence-corrected chi connectivity index (χ0v) is 10.6. The molecule has 0 unspecified atom stereocenters. The van der Waals surface area contributed by atoms with Gasteiger partial charge in [-0.25, -0.2) is 0 Å². The lowest BCUT2D eigenvalue weighted by molar-refractivity contribution is 0.949. The number of hydrogen-bond donors (Lipinski definition) is 3. The van der Waals surface area contributed by atoms with Crippen molar-refractivity contribution in [3.05, 3.63) is 24.3 Å². The van der Waals surface area contributed by atoms with E-state index in [2.05, 4.69) is 15.4 Å². The van der Waals surface area contributed by atoms with Gasteiger partial charge < -0.3 is 10.6 Å². The summed E-state index contributed by atoms with van der Waals surface area (Å²) in [6, 6.07) is 9.57.